The molecule has 1 N–H and O–H groups in total. The highest BCUT2D eigenvalue weighted by Gasteiger charge is 1.91. The maximum Gasteiger partial charge on any atom is 0.0415 e. The Morgan fingerprint density at radius 3 is 2.60 bits per heavy atom. The number of hydrogen-bond donors (Lipinski definition) is 1. The molecule has 0 rings (SSSR count). The number of nitrogens with one attached hydrogen (secondary N) is 1. The van der Waals surface area contributed by atoms with Gasteiger partial charge in [0.05, 0.1) is 0 Å². The molecule has 0 atom stereocenters. The highest BCUT2D eigenvalue weighted by Crippen LogP contribution is 2.01. The summed E-state index contributed by atoms with van der Waals surface area (Å²) in [4.78, 5) is 0. The molecule has 0 heterocycles. The molecule has 0 aromatic heterocycles. The van der Waals surface area contributed by atoms with Crippen molar-refractivity contribution >= 4 is 11.8 Å². The first-order chi connectivity index (χ1) is 4.77. The first kappa shape index (κ1) is 10.3. The molecule has 0 unspecified atom stereocenters. The van der Waals surface area contributed by atoms with E-state index < -0.39 is 0 Å². The molecule has 0 amide bonds. The van der Waals surface area contributed by atoms with E-state index in [9.17, 15) is 0 Å². The van der Waals surface area contributed by atoms with Crippen LogP contribution in [-0.4, -0.2) is 18.7 Å². The Morgan fingerprint density at radius 2 is 2.10 bits per heavy atom. The van der Waals surface area contributed by atoms with E-state index in [1.165, 1.54) is 19.4 Å². The second-order valence-corrected chi connectivity index (χ2v) is 3.84. The fraction of sp³-hybridized carbons (Fsp3) is 1.00. The van der Waals surface area contributed by atoms with Crippen molar-refractivity contribution in [3.63, 3.8) is 0 Å². The van der Waals surface area contributed by atoms with Crippen LogP contribution in [0.25, 0.3) is 0 Å². The largest absolute Gasteiger partial charge is 0.308 e. The average molecular weight is 161 g/mol. The van der Waals surface area contributed by atoms with E-state index in [1.54, 1.807) is 0 Å². The van der Waals surface area contributed by atoms with Gasteiger partial charge in [-0.05, 0) is 31.6 Å². The lowest BCUT2D eigenvalue weighted by molar-refractivity contribution is 0.541. The molecule has 10 heavy (non-hydrogen) atoms. The number of hydrogen-bond acceptors (Lipinski definition) is 2. The lowest BCUT2D eigenvalue weighted by atomic mass is 10.1. The van der Waals surface area contributed by atoms with Crippen LogP contribution < -0.4 is 5.32 Å². The predicted octanol–water partition coefficient (Wildman–Crippen LogP) is 2.33. The topological polar surface area (TPSA) is 12.0 Å². The summed E-state index contributed by atoms with van der Waals surface area (Å²) in [7, 11) is 0. The van der Waals surface area contributed by atoms with E-state index in [2.05, 4.69) is 25.4 Å². The van der Waals surface area contributed by atoms with Crippen LogP contribution in [0.2, 0.25) is 0 Å². The van der Waals surface area contributed by atoms with Gasteiger partial charge in [0, 0.05) is 5.88 Å². The molecule has 62 valence electrons. The summed E-state index contributed by atoms with van der Waals surface area (Å²) in [5, 5.41) is 3.35. The summed E-state index contributed by atoms with van der Waals surface area (Å²) in [6, 6.07) is 0. The molecule has 0 bridgehead atoms. The summed E-state index contributed by atoms with van der Waals surface area (Å²) in [5.41, 5.74) is 0. The van der Waals surface area contributed by atoms with Gasteiger partial charge >= 0.3 is 0 Å². The second kappa shape index (κ2) is 7.42. The zero-order valence-electron chi connectivity index (χ0n) is 7.31. The van der Waals surface area contributed by atoms with Gasteiger partial charge in [0.15, 0.2) is 0 Å². The van der Waals surface area contributed by atoms with Crippen LogP contribution in [0.5, 0.6) is 0 Å². The molecule has 1 nitrogen and oxygen atoms in total. The van der Waals surface area contributed by atoms with Gasteiger partial charge in [-0.3, -0.25) is 0 Å². The quantitative estimate of drug-likeness (QED) is 0.474. The summed E-state index contributed by atoms with van der Waals surface area (Å²) < 4.78 is 0. The maximum atomic E-state index is 3.35. The second-order valence-electron chi connectivity index (χ2n) is 2.97. The van der Waals surface area contributed by atoms with Crippen molar-refractivity contribution in [3.8, 4) is 0 Å². The van der Waals surface area contributed by atoms with Gasteiger partial charge in [-0.2, -0.15) is 0 Å². The third-order valence-electron chi connectivity index (χ3n) is 1.38. The van der Waals surface area contributed by atoms with Gasteiger partial charge < -0.3 is 5.32 Å². The van der Waals surface area contributed by atoms with Gasteiger partial charge in [-0.25, -0.2) is 0 Å². The third-order valence-corrected chi connectivity index (χ3v) is 1.87. The number of thioether (sulfide) groups is 1. The molecule has 0 radical (unpaired) electrons. The van der Waals surface area contributed by atoms with E-state index >= 15 is 0 Å². The van der Waals surface area contributed by atoms with Gasteiger partial charge in [0.2, 0.25) is 0 Å². The van der Waals surface area contributed by atoms with Crippen LogP contribution in [0.4, 0.5) is 0 Å². The van der Waals surface area contributed by atoms with Gasteiger partial charge in [-0.15, -0.1) is 11.8 Å². The molecule has 0 fully saturated rings. The molecule has 0 aromatic carbocycles. The van der Waals surface area contributed by atoms with E-state index in [0.717, 1.165) is 11.8 Å². The van der Waals surface area contributed by atoms with Crippen molar-refractivity contribution in [1.82, 2.24) is 5.32 Å². The minimum absolute atomic E-state index is 0.857. The Morgan fingerprint density at radius 1 is 1.40 bits per heavy atom. The number of rotatable bonds is 6. The summed E-state index contributed by atoms with van der Waals surface area (Å²) in [6.45, 7) is 5.72. The highest BCUT2D eigenvalue weighted by molar-refractivity contribution is 7.98. The predicted molar refractivity (Wildman–Crippen MR) is 50.5 cm³/mol. The first-order valence-corrected chi connectivity index (χ1v) is 5.36. The molecule has 0 aliphatic carbocycles. The fourth-order valence-electron chi connectivity index (χ4n) is 0.810. The van der Waals surface area contributed by atoms with Crippen LogP contribution in [0.1, 0.15) is 26.7 Å². The zero-order chi connectivity index (χ0) is 7.82. The van der Waals surface area contributed by atoms with Gasteiger partial charge in [-0.1, -0.05) is 13.8 Å². The monoisotopic (exact) mass is 161 g/mol. The molecular weight excluding hydrogens is 142 g/mol. The maximum absolute atomic E-state index is 3.35. The van der Waals surface area contributed by atoms with Crippen LogP contribution in [0.15, 0.2) is 0 Å². The SMILES string of the molecule is CSCNCCCC(C)C. The van der Waals surface area contributed by atoms with Crippen molar-refractivity contribution < 1.29 is 0 Å². The fourth-order valence-corrected chi connectivity index (χ4v) is 1.16. The van der Waals surface area contributed by atoms with E-state index in [-0.39, 0.29) is 0 Å². The Kier molecular flexibility index (Phi) is 7.65. The molecule has 0 aliphatic rings. The van der Waals surface area contributed by atoms with Crippen LogP contribution in [0.3, 0.4) is 0 Å². The Bertz CT molecular complexity index is 64.3. The Labute approximate surface area is 69.0 Å². The Hall–Kier alpha value is 0.310. The molecule has 0 aromatic rings. The molecule has 0 aliphatic heterocycles. The van der Waals surface area contributed by atoms with Crippen LogP contribution >= 0.6 is 11.8 Å². The van der Waals surface area contributed by atoms with Gasteiger partial charge in [0.25, 0.3) is 0 Å². The highest BCUT2D eigenvalue weighted by atomic mass is 32.2. The molecule has 0 spiro atoms. The molecular formula is C8H19NS. The van der Waals surface area contributed by atoms with E-state index in [4.69, 9.17) is 0 Å². The lowest BCUT2D eigenvalue weighted by Gasteiger charge is -2.04. The minimum atomic E-state index is 0.857. The van der Waals surface area contributed by atoms with Crippen LogP contribution in [-0.2, 0) is 0 Å². The summed E-state index contributed by atoms with van der Waals surface area (Å²) in [5.74, 6) is 1.95. The van der Waals surface area contributed by atoms with Crippen molar-refractivity contribution in [1.29, 1.82) is 0 Å². The lowest BCUT2D eigenvalue weighted by Crippen LogP contribution is -2.14. The van der Waals surface area contributed by atoms with E-state index in [1.807, 2.05) is 11.8 Å². The minimum Gasteiger partial charge on any atom is -0.308 e. The van der Waals surface area contributed by atoms with Crippen LogP contribution in [0, 0.1) is 5.92 Å². The third kappa shape index (κ3) is 8.31. The normalized spacial score (nSPS) is 10.8. The zero-order valence-corrected chi connectivity index (χ0v) is 8.13. The first-order valence-electron chi connectivity index (χ1n) is 3.97. The van der Waals surface area contributed by atoms with Crippen molar-refractivity contribution in [2.75, 3.05) is 18.7 Å². The van der Waals surface area contributed by atoms with Gasteiger partial charge in [0.1, 0.15) is 0 Å². The van der Waals surface area contributed by atoms with Crippen molar-refractivity contribution in [2.24, 2.45) is 5.92 Å². The Balaban J connectivity index is 2.77. The average Bonchev–Trinajstić information content (AvgIpc) is 1.87. The summed E-state index contributed by atoms with van der Waals surface area (Å²) in [6.07, 6.45) is 4.79. The standard InChI is InChI=1S/C8H19NS/c1-8(2)5-4-6-9-7-10-3/h8-9H,4-7H2,1-3H3. The molecule has 2 heteroatoms. The van der Waals surface area contributed by atoms with Crippen molar-refractivity contribution in [2.45, 2.75) is 26.7 Å². The molecule has 0 saturated heterocycles. The molecule has 0 saturated carbocycles. The van der Waals surface area contributed by atoms with E-state index in [0.29, 0.717) is 0 Å². The van der Waals surface area contributed by atoms with Crippen molar-refractivity contribution in [3.05, 3.63) is 0 Å². The summed E-state index contributed by atoms with van der Waals surface area (Å²) >= 11 is 1.85. The smallest absolute Gasteiger partial charge is 0.0415 e.